The monoisotopic (exact) mass is 676 g/mol. The molecule has 0 aliphatic carbocycles. The lowest BCUT2D eigenvalue weighted by Crippen LogP contribution is -2.48. The van der Waals surface area contributed by atoms with Crippen LogP contribution < -0.4 is 18.1 Å². The number of carbonyl (C=O) groups excluding carboxylic acids is 1. The van der Waals surface area contributed by atoms with Gasteiger partial charge in [-0.1, -0.05) is 24.3 Å². The van der Waals surface area contributed by atoms with E-state index in [4.69, 9.17) is 14.2 Å². The molecule has 5 rings (SSSR count). The summed E-state index contributed by atoms with van der Waals surface area (Å²) in [6, 6.07) is 20.6. The lowest BCUT2D eigenvalue weighted by atomic mass is 9.99. The third-order valence-electron chi connectivity index (χ3n) is 8.75. The highest BCUT2D eigenvalue weighted by Gasteiger charge is 2.47. The van der Waals surface area contributed by atoms with Gasteiger partial charge in [-0.15, -0.1) is 24.8 Å². The first-order valence-electron chi connectivity index (χ1n) is 15.4. The van der Waals surface area contributed by atoms with Crippen molar-refractivity contribution in [3.05, 3.63) is 77.4 Å². The molecule has 1 amide bonds. The number of methoxy groups -OCH3 is 2. The molecule has 0 spiro atoms. The van der Waals surface area contributed by atoms with Gasteiger partial charge in [0.1, 0.15) is 23.4 Å². The Morgan fingerprint density at radius 3 is 2.18 bits per heavy atom. The summed E-state index contributed by atoms with van der Waals surface area (Å²) in [6.45, 7) is 11.2. The number of hydrogen-bond acceptors (Lipinski definition) is 7. The first-order valence-corrected chi connectivity index (χ1v) is 16.2. The fourth-order valence-corrected chi connectivity index (χ4v) is 7.44. The molecule has 2 aliphatic heterocycles. The summed E-state index contributed by atoms with van der Waals surface area (Å²) in [5, 5.41) is 0. The van der Waals surface area contributed by atoms with Crippen LogP contribution in [0.25, 0.3) is 0 Å². The molecule has 0 radical (unpaired) electrons. The number of benzene rings is 3. The highest BCUT2D eigenvalue weighted by molar-refractivity contribution is 7.99. The molecule has 2 heterocycles. The zero-order chi connectivity index (χ0) is 30.4. The predicted octanol–water partition coefficient (Wildman–Crippen LogP) is 7.16. The first-order chi connectivity index (χ1) is 20.8. The van der Waals surface area contributed by atoms with Gasteiger partial charge >= 0.3 is 5.91 Å². The van der Waals surface area contributed by atoms with Crippen LogP contribution in [0, 0.1) is 6.92 Å². The molecule has 3 aromatic rings. The quantitative estimate of drug-likeness (QED) is 0.115. The van der Waals surface area contributed by atoms with Crippen LogP contribution in [0.2, 0.25) is 0 Å². The maximum Gasteiger partial charge on any atom is 0.337 e. The van der Waals surface area contributed by atoms with Crippen molar-refractivity contribution >= 4 is 48.4 Å². The smallest absolute Gasteiger partial charge is 0.337 e. The zero-order valence-corrected chi connectivity index (χ0v) is 29.6. The lowest BCUT2D eigenvalue weighted by Gasteiger charge is -2.36. The minimum Gasteiger partial charge on any atom is -0.497 e. The molecule has 1 fully saturated rings. The number of fused-ring (bicyclic) bond motifs is 1. The molecule has 7 nitrogen and oxygen atoms in total. The van der Waals surface area contributed by atoms with E-state index in [9.17, 15) is 4.79 Å². The Hall–Kier alpha value is -2.46. The fraction of sp³-hybridized carbons (Fsp3) is 0.457. The molecule has 45 heavy (non-hydrogen) atoms. The Labute approximate surface area is 285 Å². The molecule has 0 bridgehead atoms. The second kappa shape index (κ2) is 16.9. The minimum absolute atomic E-state index is 0. The van der Waals surface area contributed by atoms with Crippen molar-refractivity contribution in [2.24, 2.45) is 0 Å². The highest BCUT2D eigenvalue weighted by Crippen LogP contribution is 2.49. The molecule has 0 N–H and O–H groups in total. The number of amides is 1. The van der Waals surface area contributed by atoms with Gasteiger partial charge in [0, 0.05) is 44.9 Å². The standard InChI is InChI=1S/C35H46N3O4S.2ClH/c1-26-12-13-33(32(22-26)38(3)35(39)27(2)31-10-6-7-11-34(31)43-38)42-21-9-8-15-36-17-19-37(20-18-36)16-14-28-23-29(40-4)25-30(24-28)41-5;;/h6-7,10-13,22-25,27H,8-9,14-21H2,1-5H3;2*1H/q+1;;. The van der Waals surface area contributed by atoms with E-state index in [1.807, 2.05) is 38.2 Å². The number of quaternary nitrogens is 1. The minimum atomic E-state index is -0.165. The number of nitrogens with zero attached hydrogens (tertiary/aromatic N) is 3. The SMILES string of the molecule is COc1cc(CCN2CCN(CCCCOc3ccc(C)cc3[N+]3(C)Sc4ccccc4C(C)C3=O)CC2)cc(OC)c1.Cl.Cl. The van der Waals surface area contributed by atoms with Gasteiger partial charge in [0.15, 0.2) is 11.4 Å². The first kappa shape index (κ1) is 37.0. The number of piperazine rings is 1. The molecule has 2 aliphatic rings. The van der Waals surface area contributed by atoms with Gasteiger partial charge in [-0.05, 0) is 80.6 Å². The van der Waals surface area contributed by atoms with E-state index in [1.165, 1.54) is 5.56 Å². The largest absolute Gasteiger partial charge is 0.497 e. The summed E-state index contributed by atoms with van der Waals surface area (Å²) in [6.07, 6.45) is 3.06. The summed E-state index contributed by atoms with van der Waals surface area (Å²) in [7, 11) is 5.40. The van der Waals surface area contributed by atoms with Gasteiger partial charge in [0.05, 0.1) is 38.7 Å². The van der Waals surface area contributed by atoms with Gasteiger partial charge < -0.3 is 24.0 Å². The molecule has 0 saturated carbocycles. The summed E-state index contributed by atoms with van der Waals surface area (Å²) in [5.41, 5.74) is 4.42. The van der Waals surface area contributed by atoms with E-state index in [-0.39, 0.29) is 40.5 Å². The van der Waals surface area contributed by atoms with Crippen molar-refractivity contribution in [1.29, 1.82) is 0 Å². The maximum absolute atomic E-state index is 13.7. The molecule has 0 aromatic heterocycles. The summed E-state index contributed by atoms with van der Waals surface area (Å²) in [4.78, 5) is 20.0. The van der Waals surface area contributed by atoms with Crippen molar-refractivity contribution in [3.8, 4) is 17.2 Å². The number of rotatable bonds is 12. The number of hydrogen-bond donors (Lipinski definition) is 0. The van der Waals surface area contributed by atoms with Crippen molar-refractivity contribution in [2.45, 2.75) is 43.9 Å². The highest BCUT2D eigenvalue weighted by atomic mass is 35.5. The third-order valence-corrected chi connectivity index (χ3v) is 10.1. The van der Waals surface area contributed by atoms with Gasteiger partial charge in [-0.2, -0.15) is 3.89 Å². The molecule has 1 saturated heterocycles. The van der Waals surface area contributed by atoms with E-state index in [2.05, 4.69) is 53.1 Å². The van der Waals surface area contributed by atoms with Crippen LogP contribution in [0.3, 0.4) is 0 Å². The van der Waals surface area contributed by atoms with Crippen LogP contribution in [-0.2, 0) is 11.2 Å². The lowest BCUT2D eigenvalue weighted by molar-refractivity contribution is -0.126. The van der Waals surface area contributed by atoms with E-state index in [0.29, 0.717) is 6.61 Å². The average molecular weight is 678 g/mol. The number of halogens is 2. The van der Waals surface area contributed by atoms with Gasteiger partial charge in [-0.25, -0.2) is 4.79 Å². The Balaban J connectivity index is 0.00000276. The Morgan fingerprint density at radius 2 is 1.51 bits per heavy atom. The predicted molar refractivity (Wildman–Crippen MR) is 190 cm³/mol. The molecule has 246 valence electrons. The van der Waals surface area contributed by atoms with Gasteiger partial charge in [-0.3, -0.25) is 0 Å². The van der Waals surface area contributed by atoms with E-state index in [0.717, 1.165) is 97.5 Å². The van der Waals surface area contributed by atoms with Crippen LogP contribution in [0.15, 0.2) is 65.6 Å². The summed E-state index contributed by atoms with van der Waals surface area (Å²) >= 11 is 1.60. The number of carbonyl (C=O) groups is 1. The molecular formula is C35H48Cl2N3O4S+. The maximum atomic E-state index is 13.7. The van der Waals surface area contributed by atoms with Crippen molar-refractivity contribution in [1.82, 2.24) is 13.7 Å². The zero-order valence-electron chi connectivity index (χ0n) is 27.1. The van der Waals surface area contributed by atoms with Crippen molar-refractivity contribution < 1.29 is 19.0 Å². The van der Waals surface area contributed by atoms with Crippen LogP contribution in [0.4, 0.5) is 5.69 Å². The Morgan fingerprint density at radius 1 is 0.867 bits per heavy atom. The normalized spacial score (nSPS) is 20.0. The second-order valence-electron chi connectivity index (χ2n) is 11.8. The van der Waals surface area contributed by atoms with Crippen LogP contribution >= 0.6 is 36.8 Å². The van der Waals surface area contributed by atoms with E-state index < -0.39 is 0 Å². The van der Waals surface area contributed by atoms with E-state index >= 15 is 0 Å². The molecule has 2 unspecified atom stereocenters. The van der Waals surface area contributed by atoms with Crippen LogP contribution in [-0.4, -0.2) is 82.8 Å². The summed E-state index contributed by atoms with van der Waals surface area (Å²) in [5.74, 6) is 2.51. The molecule has 2 atom stereocenters. The second-order valence-corrected chi connectivity index (χ2v) is 13.1. The van der Waals surface area contributed by atoms with E-state index in [1.54, 1.807) is 26.2 Å². The summed E-state index contributed by atoms with van der Waals surface area (Å²) < 4.78 is 17.4. The number of aryl methyl sites for hydroxylation is 1. The van der Waals surface area contributed by atoms with Crippen LogP contribution in [0.5, 0.6) is 17.2 Å². The molecule has 10 heteroatoms. The Kier molecular flexibility index (Phi) is 13.9. The number of ether oxygens (including phenoxy) is 3. The number of likely N-dealkylation sites (N-methyl/N-ethyl adjacent to an activating group) is 1. The average Bonchev–Trinajstić information content (AvgIpc) is 3.03. The number of unbranched alkanes of at least 4 members (excludes halogenated alkanes) is 1. The Bertz CT molecular complexity index is 1400. The third kappa shape index (κ3) is 8.88. The molecular weight excluding hydrogens is 629 g/mol. The van der Waals surface area contributed by atoms with Crippen molar-refractivity contribution in [2.75, 3.05) is 67.1 Å². The van der Waals surface area contributed by atoms with Gasteiger partial charge in [0.25, 0.3) is 0 Å². The van der Waals surface area contributed by atoms with Crippen LogP contribution in [0.1, 0.15) is 42.4 Å². The topological polar surface area (TPSA) is 51.2 Å². The molecule has 3 aromatic carbocycles. The van der Waals surface area contributed by atoms with Gasteiger partial charge in [0.2, 0.25) is 0 Å². The van der Waals surface area contributed by atoms with Crippen molar-refractivity contribution in [3.63, 3.8) is 0 Å². The fourth-order valence-electron chi connectivity index (χ4n) is 6.07.